The van der Waals surface area contributed by atoms with Crippen molar-refractivity contribution in [3.05, 3.63) is 93.6 Å². The van der Waals surface area contributed by atoms with Crippen molar-refractivity contribution in [1.82, 2.24) is 0 Å². The number of carbonyl (C=O) groups is 2. The molecular weight excluding hydrogens is 417 g/mol. The highest BCUT2D eigenvalue weighted by Gasteiger charge is 2.45. The highest BCUT2D eigenvalue weighted by molar-refractivity contribution is 6.32. The molecule has 1 unspecified atom stereocenters. The van der Waals surface area contributed by atoms with Crippen LogP contribution in [0.2, 0.25) is 10.0 Å². The van der Waals surface area contributed by atoms with Crippen molar-refractivity contribution in [2.75, 3.05) is 4.90 Å². The SMILES string of the molecule is O=C(C1=C(O)C(=O)N(c2cccc(Cl)c2)C1c1ccc(O)c(Cl)c1)c1ccco1. The summed E-state index contributed by atoms with van der Waals surface area (Å²) in [7, 11) is 0. The number of carbonyl (C=O) groups excluding carboxylic acids is 2. The standard InChI is InChI=1S/C21H13Cl2NO5/c22-12-3-1-4-13(10-12)24-18(11-6-7-15(25)14(23)9-11)17(20(27)21(24)28)19(26)16-5-2-8-29-16/h1-10,18,25,27H. The first-order valence-corrected chi connectivity index (χ1v) is 9.23. The first kappa shape index (κ1) is 19.1. The summed E-state index contributed by atoms with van der Waals surface area (Å²) < 4.78 is 5.17. The van der Waals surface area contributed by atoms with Crippen molar-refractivity contribution in [3.8, 4) is 5.75 Å². The number of anilines is 1. The zero-order valence-electron chi connectivity index (χ0n) is 14.7. The molecule has 0 fully saturated rings. The molecule has 3 aromatic rings. The van der Waals surface area contributed by atoms with Gasteiger partial charge in [0.2, 0.25) is 5.78 Å². The molecule has 1 aromatic heterocycles. The van der Waals surface area contributed by atoms with E-state index in [9.17, 15) is 19.8 Å². The number of aliphatic hydroxyl groups excluding tert-OH is 1. The summed E-state index contributed by atoms with van der Waals surface area (Å²) in [5.41, 5.74) is 0.636. The number of aromatic hydroxyl groups is 1. The minimum absolute atomic E-state index is 0.0258. The van der Waals surface area contributed by atoms with Crippen LogP contribution in [0.1, 0.15) is 22.2 Å². The third kappa shape index (κ3) is 3.26. The lowest BCUT2D eigenvalue weighted by atomic mass is 9.94. The molecular formula is C21H13Cl2NO5. The summed E-state index contributed by atoms with van der Waals surface area (Å²) in [6, 6.07) is 12.7. The van der Waals surface area contributed by atoms with Gasteiger partial charge in [-0.25, -0.2) is 0 Å². The van der Waals surface area contributed by atoms with Gasteiger partial charge in [0.25, 0.3) is 5.91 Å². The van der Waals surface area contributed by atoms with Crippen LogP contribution in [0.25, 0.3) is 0 Å². The number of nitrogens with zero attached hydrogens (tertiary/aromatic N) is 1. The van der Waals surface area contributed by atoms with Gasteiger partial charge in [0.15, 0.2) is 11.5 Å². The zero-order valence-corrected chi connectivity index (χ0v) is 16.2. The third-order valence-corrected chi connectivity index (χ3v) is 5.11. The van der Waals surface area contributed by atoms with Crippen LogP contribution in [0, 0.1) is 0 Å². The van der Waals surface area contributed by atoms with E-state index in [-0.39, 0.29) is 22.1 Å². The number of aliphatic hydroxyl groups is 1. The fourth-order valence-corrected chi connectivity index (χ4v) is 3.65. The number of halogens is 2. The number of furan rings is 1. The molecule has 0 aliphatic carbocycles. The maximum atomic E-state index is 13.0. The monoisotopic (exact) mass is 429 g/mol. The van der Waals surface area contributed by atoms with E-state index in [4.69, 9.17) is 27.6 Å². The van der Waals surface area contributed by atoms with Gasteiger partial charge >= 0.3 is 0 Å². The molecule has 2 heterocycles. The summed E-state index contributed by atoms with van der Waals surface area (Å²) >= 11 is 12.1. The number of phenolic OH excluding ortho intramolecular Hbond substituents is 1. The molecule has 0 bridgehead atoms. The van der Waals surface area contributed by atoms with Crippen LogP contribution >= 0.6 is 23.2 Å². The second-order valence-electron chi connectivity index (χ2n) is 6.34. The number of Topliss-reactive ketones (excluding diaryl/α,β-unsaturated/α-hetero) is 1. The van der Waals surface area contributed by atoms with Crippen molar-refractivity contribution in [2.24, 2.45) is 0 Å². The smallest absolute Gasteiger partial charge is 0.294 e. The van der Waals surface area contributed by atoms with Crippen molar-refractivity contribution in [1.29, 1.82) is 0 Å². The number of phenols is 1. The molecule has 1 aliphatic rings. The van der Waals surface area contributed by atoms with E-state index in [1.165, 1.54) is 41.5 Å². The lowest BCUT2D eigenvalue weighted by Gasteiger charge is -2.27. The average molecular weight is 430 g/mol. The normalized spacial score (nSPS) is 16.6. The lowest BCUT2D eigenvalue weighted by Crippen LogP contribution is -2.31. The van der Waals surface area contributed by atoms with E-state index < -0.39 is 23.5 Å². The van der Waals surface area contributed by atoms with Crippen molar-refractivity contribution < 1.29 is 24.2 Å². The Morgan fingerprint density at radius 1 is 1.03 bits per heavy atom. The molecule has 4 rings (SSSR count). The fraction of sp³-hybridized carbons (Fsp3) is 0.0476. The van der Waals surface area contributed by atoms with Gasteiger partial charge < -0.3 is 14.6 Å². The average Bonchev–Trinajstić information content (AvgIpc) is 3.31. The highest BCUT2D eigenvalue weighted by atomic mass is 35.5. The van der Waals surface area contributed by atoms with Gasteiger partial charge in [0, 0.05) is 10.7 Å². The summed E-state index contributed by atoms with van der Waals surface area (Å²) in [4.78, 5) is 27.2. The predicted molar refractivity (Wildman–Crippen MR) is 107 cm³/mol. The predicted octanol–water partition coefficient (Wildman–Crippen LogP) is 5.07. The first-order valence-electron chi connectivity index (χ1n) is 8.47. The van der Waals surface area contributed by atoms with E-state index in [0.717, 1.165) is 0 Å². The molecule has 29 heavy (non-hydrogen) atoms. The van der Waals surface area contributed by atoms with Gasteiger partial charge in [-0.15, -0.1) is 0 Å². The summed E-state index contributed by atoms with van der Waals surface area (Å²) in [5, 5.41) is 20.8. The molecule has 146 valence electrons. The Balaban J connectivity index is 1.91. The van der Waals surface area contributed by atoms with E-state index in [1.807, 2.05) is 0 Å². The maximum absolute atomic E-state index is 13.0. The minimum Gasteiger partial charge on any atom is -0.506 e. The van der Waals surface area contributed by atoms with E-state index >= 15 is 0 Å². The van der Waals surface area contributed by atoms with Crippen molar-refractivity contribution in [2.45, 2.75) is 6.04 Å². The van der Waals surface area contributed by atoms with E-state index in [0.29, 0.717) is 16.3 Å². The molecule has 0 saturated carbocycles. The second kappa shape index (κ2) is 7.31. The molecule has 6 nitrogen and oxygen atoms in total. The quantitative estimate of drug-likeness (QED) is 0.564. The van der Waals surface area contributed by atoms with Gasteiger partial charge in [0.1, 0.15) is 5.75 Å². The van der Waals surface area contributed by atoms with Crippen molar-refractivity contribution in [3.63, 3.8) is 0 Å². The Morgan fingerprint density at radius 2 is 1.83 bits per heavy atom. The Labute approximate surface area is 175 Å². The van der Waals surface area contributed by atoms with E-state index in [2.05, 4.69) is 0 Å². The summed E-state index contributed by atoms with van der Waals surface area (Å²) in [6.45, 7) is 0. The number of amides is 1. The largest absolute Gasteiger partial charge is 0.506 e. The third-order valence-electron chi connectivity index (χ3n) is 4.57. The fourth-order valence-electron chi connectivity index (χ4n) is 3.28. The Kier molecular flexibility index (Phi) is 4.82. The molecule has 2 aromatic carbocycles. The van der Waals surface area contributed by atoms with Crippen LogP contribution in [0.15, 0.2) is 76.6 Å². The Hall–Kier alpha value is -3.22. The van der Waals surface area contributed by atoms with Crippen LogP contribution in [-0.4, -0.2) is 21.9 Å². The molecule has 1 atom stereocenters. The molecule has 0 radical (unpaired) electrons. The summed E-state index contributed by atoms with van der Waals surface area (Å²) in [6.07, 6.45) is 1.32. The van der Waals surface area contributed by atoms with Gasteiger partial charge in [-0.1, -0.05) is 35.3 Å². The van der Waals surface area contributed by atoms with Crippen molar-refractivity contribution >= 4 is 40.6 Å². The highest BCUT2D eigenvalue weighted by Crippen LogP contribution is 2.43. The zero-order chi connectivity index (χ0) is 20.7. The maximum Gasteiger partial charge on any atom is 0.294 e. The number of ketones is 1. The Morgan fingerprint density at radius 3 is 2.48 bits per heavy atom. The molecule has 0 saturated heterocycles. The van der Waals surface area contributed by atoms with Crippen LogP contribution in [0.5, 0.6) is 5.75 Å². The topological polar surface area (TPSA) is 91.0 Å². The second-order valence-corrected chi connectivity index (χ2v) is 7.18. The number of hydrogen-bond acceptors (Lipinski definition) is 5. The van der Waals surface area contributed by atoms with Gasteiger partial charge in [0.05, 0.1) is 22.9 Å². The lowest BCUT2D eigenvalue weighted by molar-refractivity contribution is -0.117. The molecule has 0 spiro atoms. The Bertz CT molecular complexity index is 1150. The van der Waals surface area contributed by atoms with Crippen LogP contribution < -0.4 is 4.90 Å². The van der Waals surface area contributed by atoms with Gasteiger partial charge in [-0.3, -0.25) is 14.5 Å². The molecule has 2 N–H and O–H groups in total. The van der Waals surface area contributed by atoms with Crippen LogP contribution in [-0.2, 0) is 4.79 Å². The van der Waals surface area contributed by atoms with Gasteiger partial charge in [-0.05, 0) is 48.0 Å². The first-order chi connectivity index (χ1) is 13.9. The molecule has 8 heteroatoms. The molecule has 1 amide bonds. The number of rotatable bonds is 4. The van der Waals surface area contributed by atoms with Gasteiger partial charge in [-0.2, -0.15) is 0 Å². The molecule has 1 aliphatic heterocycles. The number of benzene rings is 2. The van der Waals surface area contributed by atoms with Crippen LogP contribution in [0.4, 0.5) is 5.69 Å². The summed E-state index contributed by atoms with van der Waals surface area (Å²) in [5.74, 6) is -2.28. The van der Waals surface area contributed by atoms with Crippen LogP contribution in [0.3, 0.4) is 0 Å². The van der Waals surface area contributed by atoms with E-state index in [1.54, 1.807) is 24.3 Å². The minimum atomic E-state index is -1.00. The number of hydrogen-bond donors (Lipinski definition) is 2.